The molecule has 1 saturated heterocycles. The fourth-order valence-electron chi connectivity index (χ4n) is 4.97. The summed E-state index contributed by atoms with van der Waals surface area (Å²) in [6.07, 6.45) is 2.33. The number of ether oxygens (including phenoxy) is 1. The summed E-state index contributed by atoms with van der Waals surface area (Å²) in [5, 5.41) is 0. The van der Waals surface area contributed by atoms with Gasteiger partial charge in [0, 0.05) is 36.6 Å². The fraction of sp³-hybridized carbons (Fsp3) is 0.241. The normalized spacial score (nSPS) is 16.2. The maximum Gasteiger partial charge on any atom is 0.264 e. The van der Waals surface area contributed by atoms with Gasteiger partial charge in [-0.3, -0.25) is 9.21 Å². The van der Waals surface area contributed by atoms with Crippen molar-refractivity contribution in [3.05, 3.63) is 102 Å². The zero-order valence-electron chi connectivity index (χ0n) is 20.6. The van der Waals surface area contributed by atoms with E-state index in [-0.39, 0.29) is 4.90 Å². The molecule has 36 heavy (non-hydrogen) atoms. The van der Waals surface area contributed by atoms with E-state index in [0.717, 1.165) is 30.9 Å². The Morgan fingerprint density at radius 1 is 0.972 bits per heavy atom. The van der Waals surface area contributed by atoms with E-state index >= 15 is 0 Å². The predicted octanol–water partition coefficient (Wildman–Crippen LogP) is 5.85. The first-order valence-corrected chi connectivity index (χ1v) is 13.6. The summed E-state index contributed by atoms with van der Waals surface area (Å²) in [6.45, 7) is 1.85. The Morgan fingerprint density at radius 3 is 2.42 bits per heavy atom. The lowest BCUT2D eigenvalue weighted by Gasteiger charge is -2.24. The van der Waals surface area contributed by atoms with E-state index < -0.39 is 10.0 Å². The molecule has 0 radical (unpaired) electrons. The van der Waals surface area contributed by atoms with Gasteiger partial charge in [-0.1, -0.05) is 48.5 Å². The Hall–Kier alpha value is -3.55. The van der Waals surface area contributed by atoms with Crippen LogP contribution in [0.5, 0.6) is 5.75 Å². The minimum absolute atomic E-state index is 0.212. The average molecular weight is 502 g/mol. The second kappa shape index (κ2) is 10.2. The molecule has 2 heterocycles. The largest absolute Gasteiger partial charge is 0.496 e. The summed E-state index contributed by atoms with van der Waals surface area (Å²) in [7, 11) is -0.573. The van der Waals surface area contributed by atoms with Gasteiger partial charge in [0.15, 0.2) is 0 Å². The Labute approximate surface area is 213 Å². The van der Waals surface area contributed by atoms with Crippen molar-refractivity contribution < 1.29 is 13.2 Å². The van der Waals surface area contributed by atoms with Crippen LogP contribution in [0, 0.1) is 0 Å². The van der Waals surface area contributed by atoms with Crippen molar-refractivity contribution in [1.82, 2.24) is 9.88 Å². The monoisotopic (exact) mass is 501 g/mol. The van der Waals surface area contributed by atoms with Gasteiger partial charge in [0.25, 0.3) is 10.0 Å². The minimum atomic E-state index is -3.74. The molecule has 0 saturated carbocycles. The highest BCUT2D eigenvalue weighted by Gasteiger charge is 2.27. The van der Waals surface area contributed by atoms with Crippen molar-refractivity contribution in [3.63, 3.8) is 0 Å². The number of para-hydroxylation sites is 1. The number of hydrogen-bond acceptors (Lipinski definition) is 4. The predicted molar refractivity (Wildman–Crippen MR) is 144 cm³/mol. The van der Waals surface area contributed by atoms with Crippen molar-refractivity contribution in [3.8, 4) is 17.0 Å². The van der Waals surface area contributed by atoms with Gasteiger partial charge in [-0.15, -0.1) is 0 Å². The molecule has 0 bridgehead atoms. The van der Waals surface area contributed by atoms with Gasteiger partial charge >= 0.3 is 0 Å². The zero-order chi connectivity index (χ0) is 25.1. The standard InChI is InChI=1S/C29H31N3O3S/c1-31(24-12-7-4-8-13-24)36(33,34)25-16-18-29(35-2)26(20-25)27-17-15-23(30-27)21-32-19-9-14-28(32)22-10-5-3-6-11-22/h3-8,10-13,15-18,20,28,30H,9,14,19,21H2,1-2H3/t28-/m1/s1. The van der Waals surface area contributed by atoms with Crippen LogP contribution in [0.15, 0.2) is 95.9 Å². The van der Waals surface area contributed by atoms with Gasteiger partial charge in [-0.05, 0) is 67.4 Å². The number of methoxy groups -OCH3 is 1. The van der Waals surface area contributed by atoms with Crippen LogP contribution in [0.3, 0.4) is 0 Å². The number of nitrogens with one attached hydrogen (secondary N) is 1. The Kier molecular flexibility index (Phi) is 6.85. The van der Waals surface area contributed by atoms with Gasteiger partial charge in [0.1, 0.15) is 5.75 Å². The van der Waals surface area contributed by atoms with E-state index in [9.17, 15) is 8.42 Å². The minimum Gasteiger partial charge on any atom is -0.496 e. The number of aromatic amines is 1. The number of anilines is 1. The van der Waals surface area contributed by atoms with E-state index in [1.54, 1.807) is 44.5 Å². The van der Waals surface area contributed by atoms with Crippen molar-refractivity contribution in [1.29, 1.82) is 0 Å². The second-order valence-corrected chi connectivity index (χ2v) is 11.1. The van der Waals surface area contributed by atoms with Crippen LogP contribution >= 0.6 is 0 Å². The van der Waals surface area contributed by atoms with E-state index in [1.807, 2.05) is 24.3 Å². The van der Waals surface area contributed by atoms with Gasteiger partial charge in [-0.25, -0.2) is 8.42 Å². The van der Waals surface area contributed by atoms with Crippen molar-refractivity contribution in [2.24, 2.45) is 0 Å². The van der Waals surface area contributed by atoms with Crippen molar-refractivity contribution in [2.45, 2.75) is 30.3 Å². The summed E-state index contributed by atoms with van der Waals surface area (Å²) in [5.41, 5.74) is 4.59. The number of sulfonamides is 1. The molecular formula is C29H31N3O3S. The lowest BCUT2D eigenvalue weighted by atomic mass is 10.0. The number of hydrogen-bond donors (Lipinski definition) is 1. The molecular weight excluding hydrogens is 470 g/mol. The zero-order valence-corrected chi connectivity index (χ0v) is 21.4. The summed E-state index contributed by atoms with van der Waals surface area (Å²) >= 11 is 0. The molecule has 0 spiro atoms. The molecule has 3 aromatic carbocycles. The van der Waals surface area contributed by atoms with Crippen LogP contribution in [-0.4, -0.2) is 39.0 Å². The highest BCUT2D eigenvalue weighted by Crippen LogP contribution is 2.35. The van der Waals surface area contributed by atoms with Crippen LogP contribution in [0.4, 0.5) is 5.69 Å². The maximum atomic E-state index is 13.4. The Morgan fingerprint density at radius 2 is 1.69 bits per heavy atom. The summed E-state index contributed by atoms with van der Waals surface area (Å²) in [6, 6.07) is 29.2. The fourth-order valence-corrected chi connectivity index (χ4v) is 6.19. The molecule has 186 valence electrons. The highest BCUT2D eigenvalue weighted by molar-refractivity contribution is 7.92. The van der Waals surface area contributed by atoms with E-state index in [1.165, 1.54) is 16.3 Å². The number of rotatable bonds is 8. The molecule has 1 aromatic heterocycles. The first-order valence-electron chi connectivity index (χ1n) is 12.2. The number of nitrogens with zero attached hydrogens (tertiary/aromatic N) is 2. The van der Waals surface area contributed by atoms with Crippen LogP contribution in [0.25, 0.3) is 11.3 Å². The second-order valence-electron chi connectivity index (χ2n) is 9.11. The van der Waals surface area contributed by atoms with Crippen molar-refractivity contribution in [2.75, 3.05) is 25.0 Å². The molecule has 7 heteroatoms. The topological polar surface area (TPSA) is 65.6 Å². The van der Waals surface area contributed by atoms with Gasteiger partial charge in [0.05, 0.1) is 17.7 Å². The smallest absolute Gasteiger partial charge is 0.264 e. The van der Waals surface area contributed by atoms with Crippen molar-refractivity contribution >= 4 is 15.7 Å². The van der Waals surface area contributed by atoms with Crippen LogP contribution in [0.1, 0.15) is 30.1 Å². The maximum absolute atomic E-state index is 13.4. The Balaban J connectivity index is 1.41. The van der Waals surface area contributed by atoms with E-state index in [0.29, 0.717) is 23.0 Å². The number of H-pyrrole nitrogens is 1. The van der Waals surface area contributed by atoms with E-state index in [4.69, 9.17) is 4.74 Å². The molecule has 0 aliphatic carbocycles. The van der Waals surface area contributed by atoms with Crippen LogP contribution in [-0.2, 0) is 16.6 Å². The molecule has 5 rings (SSSR count). The molecule has 1 atom stereocenters. The van der Waals surface area contributed by atoms with Crippen LogP contribution < -0.4 is 9.04 Å². The number of likely N-dealkylation sites (tertiary alicyclic amines) is 1. The Bertz CT molecular complexity index is 1420. The van der Waals surface area contributed by atoms with Gasteiger partial charge in [0.2, 0.25) is 0 Å². The van der Waals surface area contributed by atoms with Gasteiger partial charge < -0.3 is 9.72 Å². The molecule has 0 amide bonds. The molecule has 1 N–H and O–H groups in total. The third kappa shape index (κ3) is 4.76. The quantitative estimate of drug-likeness (QED) is 0.329. The molecule has 4 aromatic rings. The molecule has 1 aliphatic heterocycles. The SMILES string of the molecule is COc1ccc(S(=O)(=O)N(C)c2ccccc2)cc1-c1ccc(CN2CCC[C@@H]2c2ccccc2)[nH]1. The lowest BCUT2D eigenvalue weighted by Crippen LogP contribution is -2.26. The van der Waals surface area contributed by atoms with Crippen LogP contribution in [0.2, 0.25) is 0 Å². The molecule has 1 aliphatic rings. The molecule has 6 nitrogen and oxygen atoms in total. The third-order valence-electron chi connectivity index (χ3n) is 6.91. The first-order chi connectivity index (χ1) is 17.5. The molecule has 0 unspecified atom stereocenters. The van der Waals surface area contributed by atoms with E-state index in [2.05, 4.69) is 46.3 Å². The summed E-state index contributed by atoms with van der Waals surface area (Å²) < 4.78 is 33.7. The first kappa shape index (κ1) is 24.2. The lowest BCUT2D eigenvalue weighted by molar-refractivity contribution is 0.246. The molecule has 1 fully saturated rings. The summed E-state index contributed by atoms with van der Waals surface area (Å²) in [5.74, 6) is 0.619. The average Bonchev–Trinajstić information content (AvgIpc) is 3.59. The number of benzene rings is 3. The van der Waals surface area contributed by atoms with Gasteiger partial charge in [-0.2, -0.15) is 0 Å². The number of aromatic nitrogens is 1. The third-order valence-corrected chi connectivity index (χ3v) is 8.69. The summed E-state index contributed by atoms with van der Waals surface area (Å²) in [4.78, 5) is 6.22. The highest BCUT2D eigenvalue weighted by atomic mass is 32.2.